The summed E-state index contributed by atoms with van der Waals surface area (Å²) in [5, 5.41) is 0. The van der Waals surface area contributed by atoms with Gasteiger partial charge in [0.05, 0.1) is 0 Å². The van der Waals surface area contributed by atoms with Gasteiger partial charge in [-0.25, -0.2) is 0 Å². The van der Waals surface area contributed by atoms with Crippen molar-refractivity contribution in [2.24, 2.45) is 11.8 Å². The minimum Gasteiger partial charge on any atom is -0.335 e. The average Bonchev–Trinajstić information content (AvgIpc) is 2.55. The van der Waals surface area contributed by atoms with Crippen molar-refractivity contribution in [2.45, 2.75) is 26.8 Å². The smallest absolute Gasteiger partial charge is 0.177 e. The van der Waals surface area contributed by atoms with Gasteiger partial charge in [0.25, 0.3) is 0 Å². The normalized spacial score (nSPS) is 27.5. The van der Waals surface area contributed by atoms with Crippen LogP contribution in [-0.4, -0.2) is 9.55 Å². The summed E-state index contributed by atoms with van der Waals surface area (Å²) in [6.07, 6.45) is 3.47. The van der Waals surface area contributed by atoms with Crippen LogP contribution in [0.5, 0.6) is 0 Å². The van der Waals surface area contributed by atoms with Crippen molar-refractivity contribution in [3.8, 4) is 0 Å². The molecule has 1 N–H and O–H groups in total. The molecule has 2 rings (SSSR count). The number of aromatic amines is 1. The highest BCUT2D eigenvalue weighted by molar-refractivity contribution is 7.71. The lowest BCUT2D eigenvalue weighted by atomic mass is 10.3. The van der Waals surface area contributed by atoms with E-state index in [0.717, 1.165) is 28.8 Å². The topological polar surface area (TPSA) is 20.7 Å². The second-order valence-corrected chi connectivity index (χ2v) is 4.25. The zero-order valence-electron chi connectivity index (χ0n) is 7.50. The van der Waals surface area contributed by atoms with Crippen LogP contribution in [-0.2, 0) is 6.54 Å². The molecule has 1 heterocycles. The molecular formula is C9H14N2S. The summed E-state index contributed by atoms with van der Waals surface area (Å²) in [5.74, 6) is 1.77. The van der Waals surface area contributed by atoms with Crippen LogP contribution in [0.4, 0.5) is 0 Å². The number of H-pyrrole nitrogens is 1. The van der Waals surface area contributed by atoms with Gasteiger partial charge in [-0.1, -0.05) is 6.92 Å². The molecule has 3 heteroatoms. The van der Waals surface area contributed by atoms with E-state index in [2.05, 4.69) is 22.7 Å². The van der Waals surface area contributed by atoms with E-state index in [9.17, 15) is 0 Å². The first-order valence-electron chi connectivity index (χ1n) is 4.43. The Kier molecular flexibility index (Phi) is 1.83. The molecule has 0 radical (unpaired) electrons. The van der Waals surface area contributed by atoms with Gasteiger partial charge < -0.3 is 9.55 Å². The second-order valence-electron chi connectivity index (χ2n) is 3.87. The molecule has 0 aromatic carbocycles. The number of aromatic nitrogens is 2. The summed E-state index contributed by atoms with van der Waals surface area (Å²) in [7, 11) is 0. The minimum absolute atomic E-state index is 0.867. The van der Waals surface area contributed by atoms with Crippen molar-refractivity contribution >= 4 is 12.2 Å². The molecule has 0 amide bonds. The standard InChI is InChI=1S/C9H14N2S/c1-6-3-8(6)5-11-4-7(2)10-9(11)12/h4,6,8H,3,5H2,1-2H3,(H,10,12). The molecule has 2 unspecified atom stereocenters. The van der Waals surface area contributed by atoms with Crippen molar-refractivity contribution in [1.29, 1.82) is 0 Å². The van der Waals surface area contributed by atoms with E-state index < -0.39 is 0 Å². The molecule has 1 aliphatic rings. The third kappa shape index (κ3) is 1.46. The molecule has 2 atom stereocenters. The predicted octanol–water partition coefficient (Wildman–Crippen LogP) is 2.51. The highest BCUT2D eigenvalue weighted by atomic mass is 32.1. The van der Waals surface area contributed by atoms with E-state index in [4.69, 9.17) is 12.2 Å². The van der Waals surface area contributed by atoms with Gasteiger partial charge in [0.2, 0.25) is 0 Å². The van der Waals surface area contributed by atoms with Gasteiger partial charge in [0, 0.05) is 18.4 Å². The summed E-state index contributed by atoms with van der Waals surface area (Å²) in [6, 6.07) is 0. The van der Waals surface area contributed by atoms with Crippen LogP contribution in [0.2, 0.25) is 0 Å². The lowest BCUT2D eigenvalue weighted by Gasteiger charge is -1.98. The number of hydrogen-bond donors (Lipinski definition) is 1. The first kappa shape index (κ1) is 8.05. The van der Waals surface area contributed by atoms with Gasteiger partial charge in [0.15, 0.2) is 4.77 Å². The van der Waals surface area contributed by atoms with Crippen molar-refractivity contribution in [3.63, 3.8) is 0 Å². The maximum absolute atomic E-state index is 5.17. The van der Waals surface area contributed by atoms with E-state index >= 15 is 0 Å². The van der Waals surface area contributed by atoms with Gasteiger partial charge in [-0.2, -0.15) is 0 Å². The summed E-state index contributed by atoms with van der Waals surface area (Å²) in [4.78, 5) is 3.13. The molecule has 0 aliphatic heterocycles. The zero-order valence-corrected chi connectivity index (χ0v) is 8.32. The summed E-state index contributed by atoms with van der Waals surface area (Å²) < 4.78 is 3.02. The SMILES string of the molecule is Cc1cn(CC2CC2C)c(=S)[nH]1. The van der Waals surface area contributed by atoms with E-state index in [1.54, 1.807) is 0 Å². The number of nitrogens with one attached hydrogen (secondary N) is 1. The molecular weight excluding hydrogens is 168 g/mol. The number of rotatable bonds is 2. The molecule has 0 spiro atoms. The fourth-order valence-electron chi connectivity index (χ4n) is 1.61. The molecule has 1 aromatic heterocycles. The number of imidazole rings is 1. The monoisotopic (exact) mass is 182 g/mol. The average molecular weight is 182 g/mol. The maximum atomic E-state index is 5.17. The largest absolute Gasteiger partial charge is 0.335 e. The molecule has 66 valence electrons. The van der Waals surface area contributed by atoms with E-state index in [-0.39, 0.29) is 0 Å². The Labute approximate surface area is 77.6 Å². The lowest BCUT2D eigenvalue weighted by molar-refractivity contribution is 0.587. The van der Waals surface area contributed by atoms with Crippen LogP contribution in [0.3, 0.4) is 0 Å². The Morgan fingerprint density at radius 3 is 2.83 bits per heavy atom. The second kappa shape index (κ2) is 2.73. The molecule has 1 saturated carbocycles. The molecule has 1 aliphatic carbocycles. The van der Waals surface area contributed by atoms with E-state index in [0.29, 0.717) is 0 Å². The third-order valence-corrected chi connectivity index (χ3v) is 2.96. The zero-order chi connectivity index (χ0) is 8.72. The van der Waals surface area contributed by atoms with Crippen molar-refractivity contribution in [1.82, 2.24) is 9.55 Å². The molecule has 0 bridgehead atoms. The summed E-state index contributed by atoms with van der Waals surface area (Å²) in [6.45, 7) is 5.45. The van der Waals surface area contributed by atoms with Gasteiger partial charge in [-0.3, -0.25) is 0 Å². The Morgan fingerprint density at radius 1 is 1.75 bits per heavy atom. The molecule has 1 fully saturated rings. The lowest BCUT2D eigenvalue weighted by Crippen LogP contribution is -1.98. The van der Waals surface area contributed by atoms with Crippen molar-refractivity contribution < 1.29 is 0 Å². The maximum Gasteiger partial charge on any atom is 0.177 e. The van der Waals surface area contributed by atoms with Crippen molar-refractivity contribution in [3.05, 3.63) is 16.7 Å². The highest BCUT2D eigenvalue weighted by Crippen LogP contribution is 2.38. The highest BCUT2D eigenvalue weighted by Gasteiger charge is 2.32. The number of nitrogens with zero attached hydrogens (tertiary/aromatic N) is 1. The fourth-order valence-corrected chi connectivity index (χ4v) is 1.90. The molecule has 0 saturated heterocycles. The van der Waals surface area contributed by atoms with Crippen LogP contribution in [0.15, 0.2) is 6.20 Å². The fraction of sp³-hybridized carbons (Fsp3) is 0.667. The Bertz CT molecular complexity index is 337. The van der Waals surface area contributed by atoms with Crippen LogP contribution in [0, 0.1) is 23.5 Å². The van der Waals surface area contributed by atoms with Gasteiger partial charge in [-0.05, 0) is 37.4 Å². The van der Waals surface area contributed by atoms with Crippen LogP contribution < -0.4 is 0 Å². The first-order valence-corrected chi connectivity index (χ1v) is 4.83. The van der Waals surface area contributed by atoms with Gasteiger partial charge in [-0.15, -0.1) is 0 Å². The molecule has 1 aromatic rings. The number of hydrogen-bond acceptors (Lipinski definition) is 1. The molecule has 12 heavy (non-hydrogen) atoms. The number of aryl methyl sites for hydroxylation is 1. The summed E-state index contributed by atoms with van der Waals surface area (Å²) >= 11 is 5.17. The third-order valence-electron chi connectivity index (χ3n) is 2.62. The Hall–Kier alpha value is -0.570. The summed E-state index contributed by atoms with van der Waals surface area (Å²) in [5.41, 5.74) is 1.16. The van der Waals surface area contributed by atoms with Gasteiger partial charge >= 0.3 is 0 Å². The Balaban J connectivity index is 2.12. The minimum atomic E-state index is 0.867. The quantitative estimate of drug-likeness (QED) is 0.697. The van der Waals surface area contributed by atoms with E-state index in [1.165, 1.54) is 6.42 Å². The Morgan fingerprint density at radius 2 is 2.42 bits per heavy atom. The van der Waals surface area contributed by atoms with Crippen LogP contribution in [0.1, 0.15) is 19.0 Å². The van der Waals surface area contributed by atoms with Crippen LogP contribution in [0.25, 0.3) is 0 Å². The predicted molar refractivity (Wildman–Crippen MR) is 51.6 cm³/mol. The van der Waals surface area contributed by atoms with E-state index in [1.807, 2.05) is 6.92 Å². The van der Waals surface area contributed by atoms with Gasteiger partial charge in [0.1, 0.15) is 0 Å². The van der Waals surface area contributed by atoms with Crippen LogP contribution >= 0.6 is 12.2 Å². The molecule has 2 nitrogen and oxygen atoms in total. The van der Waals surface area contributed by atoms with Crippen molar-refractivity contribution in [2.75, 3.05) is 0 Å². The first-order chi connectivity index (χ1) is 5.66.